The van der Waals surface area contributed by atoms with Gasteiger partial charge in [-0.25, -0.2) is 0 Å². The van der Waals surface area contributed by atoms with E-state index in [4.69, 9.17) is 20.3 Å². The molecule has 1 aromatic rings. The van der Waals surface area contributed by atoms with Crippen molar-refractivity contribution in [2.24, 2.45) is 11.1 Å². The molecule has 0 saturated carbocycles. The summed E-state index contributed by atoms with van der Waals surface area (Å²) in [6.45, 7) is 3.78. The van der Waals surface area contributed by atoms with Crippen molar-refractivity contribution in [3.8, 4) is 11.5 Å². The lowest BCUT2D eigenvalue weighted by atomic mass is 9.81. The molecule has 0 amide bonds. The molecule has 0 heterocycles. The first kappa shape index (κ1) is 17.8. The minimum Gasteiger partial charge on any atom is -0.496 e. The fraction of sp³-hybridized carbons (Fsp3) is 0.533. The summed E-state index contributed by atoms with van der Waals surface area (Å²) in [6, 6.07) is 3.29. The van der Waals surface area contributed by atoms with Gasteiger partial charge < -0.3 is 20.3 Å². The SMILES string of the molecule is COc1cc(C(N)CC(C)(C)CC(=O)O)c(OC)cc1Br. The molecule has 1 rings (SSSR count). The summed E-state index contributed by atoms with van der Waals surface area (Å²) in [5.41, 5.74) is 6.66. The zero-order valence-electron chi connectivity index (χ0n) is 12.8. The molecule has 3 N–H and O–H groups in total. The largest absolute Gasteiger partial charge is 0.496 e. The van der Waals surface area contributed by atoms with Gasteiger partial charge in [0.2, 0.25) is 0 Å². The van der Waals surface area contributed by atoms with Crippen LogP contribution in [0.5, 0.6) is 11.5 Å². The lowest BCUT2D eigenvalue weighted by Crippen LogP contribution is -2.24. The molecule has 118 valence electrons. The third kappa shape index (κ3) is 4.89. The van der Waals surface area contributed by atoms with Crippen molar-refractivity contribution >= 4 is 21.9 Å². The number of aliphatic carboxylic acids is 1. The smallest absolute Gasteiger partial charge is 0.303 e. The normalized spacial score (nSPS) is 12.9. The van der Waals surface area contributed by atoms with Crippen molar-refractivity contribution in [1.82, 2.24) is 0 Å². The minimum atomic E-state index is -0.826. The predicted molar refractivity (Wildman–Crippen MR) is 84.8 cm³/mol. The van der Waals surface area contributed by atoms with Crippen molar-refractivity contribution in [2.75, 3.05) is 14.2 Å². The Morgan fingerprint density at radius 2 is 1.90 bits per heavy atom. The first-order valence-corrected chi connectivity index (χ1v) is 7.38. The number of ether oxygens (including phenoxy) is 2. The van der Waals surface area contributed by atoms with Gasteiger partial charge in [0.1, 0.15) is 11.5 Å². The highest BCUT2D eigenvalue weighted by Crippen LogP contribution is 2.39. The van der Waals surface area contributed by atoms with E-state index in [0.717, 1.165) is 10.0 Å². The fourth-order valence-electron chi connectivity index (χ4n) is 2.36. The van der Waals surface area contributed by atoms with Crippen LogP contribution in [-0.4, -0.2) is 25.3 Å². The molecule has 0 aliphatic rings. The molecule has 0 saturated heterocycles. The molecule has 0 bridgehead atoms. The maximum atomic E-state index is 10.9. The van der Waals surface area contributed by atoms with Crippen LogP contribution in [0.3, 0.4) is 0 Å². The van der Waals surface area contributed by atoms with Crippen LogP contribution in [0.4, 0.5) is 0 Å². The molecule has 1 atom stereocenters. The fourth-order valence-corrected chi connectivity index (χ4v) is 2.84. The molecule has 0 radical (unpaired) electrons. The molecule has 0 aliphatic carbocycles. The first-order chi connectivity index (χ1) is 9.70. The number of hydrogen-bond acceptors (Lipinski definition) is 4. The van der Waals surface area contributed by atoms with Crippen LogP contribution in [0, 0.1) is 5.41 Å². The van der Waals surface area contributed by atoms with Crippen molar-refractivity contribution in [3.63, 3.8) is 0 Å². The summed E-state index contributed by atoms with van der Waals surface area (Å²) in [7, 11) is 3.16. The van der Waals surface area contributed by atoms with Crippen LogP contribution >= 0.6 is 15.9 Å². The molecule has 6 heteroatoms. The van der Waals surface area contributed by atoms with Crippen LogP contribution in [-0.2, 0) is 4.79 Å². The van der Waals surface area contributed by atoms with Crippen LogP contribution < -0.4 is 15.2 Å². The van der Waals surface area contributed by atoms with Gasteiger partial charge in [0, 0.05) is 11.6 Å². The molecule has 21 heavy (non-hydrogen) atoms. The number of rotatable bonds is 7. The van der Waals surface area contributed by atoms with Gasteiger partial charge in [-0.15, -0.1) is 0 Å². The van der Waals surface area contributed by atoms with E-state index < -0.39 is 11.4 Å². The standard InChI is InChI=1S/C15H22BrNO4/c1-15(2,8-14(18)19)7-11(17)9-5-13(21-4)10(16)6-12(9)20-3/h5-6,11H,7-8,17H2,1-4H3,(H,18,19). The Balaban J connectivity index is 3.05. The van der Waals surface area contributed by atoms with Gasteiger partial charge in [0.25, 0.3) is 0 Å². The predicted octanol–water partition coefficient (Wildman–Crippen LogP) is 3.36. The number of nitrogens with two attached hydrogens (primary N) is 1. The minimum absolute atomic E-state index is 0.0661. The summed E-state index contributed by atoms with van der Waals surface area (Å²) >= 11 is 3.40. The second-order valence-electron chi connectivity index (χ2n) is 5.77. The molecule has 0 fully saturated rings. The third-order valence-electron chi connectivity index (χ3n) is 3.31. The summed E-state index contributed by atoms with van der Waals surface area (Å²) in [5, 5.41) is 8.96. The van der Waals surface area contributed by atoms with E-state index in [1.54, 1.807) is 20.3 Å². The topological polar surface area (TPSA) is 81.8 Å². The van der Waals surface area contributed by atoms with Gasteiger partial charge in [-0.1, -0.05) is 13.8 Å². The maximum absolute atomic E-state index is 10.9. The number of carbonyl (C=O) groups is 1. The van der Waals surface area contributed by atoms with Crippen molar-refractivity contribution in [1.29, 1.82) is 0 Å². The Kier molecular flexibility index (Phi) is 6.04. The number of methoxy groups -OCH3 is 2. The number of carboxylic acid groups (broad SMARTS) is 1. The van der Waals surface area contributed by atoms with Gasteiger partial charge in [-0.05, 0) is 39.9 Å². The summed E-state index contributed by atoms with van der Waals surface area (Å²) in [5.74, 6) is 0.492. The van der Waals surface area contributed by atoms with Gasteiger partial charge in [-0.2, -0.15) is 0 Å². The van der Waals surface area contributed by atoms with Gasteiger partial charge in [0.05, 0.1) is 25.1 Å². The van der Waals surface area contributed by atoms with Gasteiger partial charge in [-0.3, -0.25) is 4.79 Å². The Labute approximate surface area is 133 Å². The maximum Gasteiger partial charge on any atom is 0.303 e. The Bertz CT molecular complexity index is 517. The highest BCUT2D eigenvalue weighted by molar-refractivity contribution is 9.10. The van der Waals surface area contributed by atoms with E-state index in [1.807, 2.05) is 19.9 Å². The molecule has 1 aromatic carbocycles. The van der Waals surface area contributed by atoms with E-state index in [1.165, 1.54) is 0 Å². The molecule has 0 spiro atoms. The highest BCUT2D eigenvalue weighted by atomic mass is 79.9. The number of halogens is 1. The summed E-state index contributed by atoms with van der Waals surface area (Å²) in [4.78, 5) is 10.9. The van der Waals surface area contributed by atoms with Gasteiger partial charge in [0.15, 0.2) is 0 Å². The Morgan fingerprint density at radius 1 is 1.33 bits per heavy atom. The number of hydrogen-bond donors (Lipinski definition) is 2. The van der Waals surface area contributed by atoms with E-state index >= 15 is 0 Å². The van der Waals surface area contributed by atoms with Crippen LogP contribution in [0.25, 0.3) is 0 Å². The van der Waals surface area contributed by atoms with E-state index in [9.17, 15) is 4.79 Å². The molecule has 1 unspecified atom stereocenters. The Hall–Kier alpha value is -1.27. The van der Waals surface area contributed by atoms with E-state index in [0.29, 0.717) is 17.9 Å². The summed E-state index contributed by atoms with van der Waals surface area (Å²) in [6.07, 6.45) is 0.594. The molecular weight excluding hydrogens is 338 g/mol. The second kappa shape index (κ2) is 7.13. The van der Waals surface area contributed by atoms with Crippen LogP contribution in [0.2, 0.25) is 0 Å². The average Bonchev–Trinajstić information content (AvgIpc) is 2.35. The van der Waals surface area contributed by atoms with Crippen LogP contribution in [0.1, 0.15) is 38.3 Å². The van der Waals surface area contributed by atoms with E-state index in [-0.39, 0.29) is 12.5 Å². The monoisotopic (exact) mass is 359 g/mol. The molecular formula is C15H22BrNO4. The van der Waals surface area contributed by atoms with Crippen molar-refractivity contribution < 1.29 is 19.4 Å². The van der Waals surface area contributed by atoms with Crippen LogP contribution in [0.15, 0.2) is 16.6 Å². The van der Waals surface area contributed by atoms with Gasteiger partial charge >= 0.3 is 5.97 Å². The quantitative estimate of drug-likeness (QED) is 0.779. The first-order valence-electron chi connectivity index (χ1n) is 6.59. The molecule has 0 aliphatic heterocycles. The van der Waals surface area contributed by atoms with E-state index in [2.05, 4.69) is 15.9 Å². The van der Waals surface area contributed by atoms with Crippen molar-refractivity contribution in [3.05, 3.63) is 22.2 Å². The summed E-state index contributed by atoms with van der Waals surface area (Å²) < 4.78 is 11.4. The zero-order valence-corrected chi connectivity index (χ0v) is 14.4. The van der Waals surface area contributed by atoms with Crippen molar-refractivity contribution in [2.45, 2.75) is 32.7 Å². The lowest BCUT2D eigenvalue weighted by molar-refractivity contribution is -0.139. The lowest BCUT2D eigenvalue weighted by Gasteiger charge is -2.27. The third-order valence-corrected chi connectivity index (χ3v) is 3.93. The number of carboxylic acids is 1. The second-order valence-corrected chi connectivity index (χ2v) is 6.63. The average molecular weight is 360 g/mol. The Morgan fingerprint density at radius 3 is 2.38 bits per heavy atom. The highest BCUT2D eigenvalue weighted by Gasteiger charge is 2.27. The zero-order chi connectivity index (χ0) is 16.2. The number of benzene rings is 1. The molecule has 0 aromatic heterocycles. The molecule has 5 nitrogen and oxygen atoms in total.